The zero-order valence-corrected chi connectivity index (χ0v) is 21.4. The molecule has 1 N–H and O–H groups in total. The Kier molecular flexibility index (Phi) is 5.76. The summed E-state index contributed by atoms with van der Waals surface area (Å²) in [4.78, 5) is 10.4. The number of nitrogens with zero attached hydrogens (tertiary/aromatic N) is 4. The van der Waals surface area contributed by atoms with Crippen LogP contribution >= 0.6 is 0 Å². The van der Waals surface area contributed by atoms with Gasteiger partial charge in [0.1, 0.15) is 16.2 Å². The van der Waals surface area contributed by atoms with Gasteiger partial charge in [-0.3, -0.25) is 0 Å². The molecule has 4 heterocycles. The molecule has 8 heteroatoms. The van der Waals surface area contributed by atoms with Crippen molar-refractivity contribution in [3.63, 3.8) is 0 Å². The molecule has 0 bridgehead atoms. The molecule has 180 valence electrons. The molecule has 3 aromatic heterocycles. The minimum atomic E-state index is -2.90. The van der Waals surface area contributed by atoms with Crippen molar-refractivity contribution in [1.29, 1.82) is 0 Å². The number of likely N-dealkylation sites (tertiary alicyclic amines) is 1. The highest BCUT2D eigenvalue weighted by molar-refractivity contribution is 7.90. The summed E-state index contributed by atoms with van der Waals surface area (Å²) in [6, 6.07) is 6.78. The van der Waals surface area contributed by atoms with Gasteiger partial charge in [-0.2, -0.15) is 5.10 Å². The summed E-state index contributed by atoms with van der Waals surface area (Å²) in [5.74, 6) is 1.19. The molecule has 0 amide bonds. The number of nitrogens with one attached hydrogen (secondary N) is 1. The minimum absolute atomic E-state index is 0.245. The summed E-state index contributed by atoms with van der Waals surface area (Å²) in [5.41, 5.74) is 9.42. The molecule has 1 saturated heterocycles. The lowest BCUT2D eigenvalue weighted by Gasteiger charge is -2.39. The fraction of sp³-hybridized carbons (Fsp3) is 0.462. The quantitative estimate of drug-likeness (QED) is 0.431. The first-order chi connectivity index (χ1) is 16.1. The fourth-order valence-corrected chi connectivity index (χ4v) is 5.86. The van der Waals surface area contributed by atoms with Gasteiger partial charge in [-0.25, -0.2) is 17.9 Å². The molecule has 0 spiro atoms. The van der Waals surface area contributed by atoms with Gasteiger partial charge in [0.15, 0.2) is 5.65 Å². The Morgan fingerprint density at radius 2 is 1.94 bits per heavy atom. The number of pyridine rings is 1. The maximum absolute atomic E-state index is 11.4. The molecule has 0 unspecified atom stereocenters. The molecule has 0 saturated carbocycles. The number of benzene rings is 1. The number of aryl methyl sites for hydroxylation is 1. The lowest BCUT2D eigenvalue weighted by Crippen LogP contribution is -2.49. The van der Waals surface area contributed by atoms with Crippen molar-refractivity contribution in [2.24, 2.45) is 5.92 Å². The predicted octanol–water partition coefficient (Wildman–Crippen LogP) is 4.14. The molecule has 7 nitrogen and oxygen atoms in total. The Balaban J connectivity index is 1.44. The van der Waals surface area contributed by atoms with Gasteiger partial charge in [0, 0.05) is 48.6 Å². The van der Waals surface area contributed by atoms with Gasteiger partial charge in [-0.1, -0.05) is 19.9 Å². The molecule has 1 fully saturated rings. The number of aromatic amines is 1. The summed E-state index contributed by atoms with van der Waals surface area (Å²) >= 11 is 0. The zero-order chi connectivity index (χ0) is 24.2. The van der Waals surface area contributed by atoms with Gasteiger partial charge in [0.2, 0.25) is 0 Å². The first-order valence-corrected chi connectivity index (χ1v) is 14.0. The molecule has 1 aromatic carbocycles. The highest BCUT2D eigenvalue weighted by atomic mass is 32.2. The molecule has 0 aliphatic carbocycles. The Bertz CT molecular complexity index is 1480. The third kappa shape index (κ3) is 4.25. The first-order valence-electron chi connectivity index (χ1n) is 11.9. The van der Waals surface area contributed by atoms with Crippen molar-refractivity contribution in [2.75, 3.05) is 31.6 Å². The molecule has 0 atom stereocenters. The van der Waals surface area contributed by atoms with E-state index in [-0.39, 0.29) is 5.75 Å². The van der Waals surface area contributed by atoms with Crippen LogP contribution in [-0.2, 0) is 16.3 Å². The van der Waals surface area contributed by atoms with Crippen LogP contribution in [0.5, 0.6) is 0 Å². The summed E-state index contributed by atoms with van der Waals surface area (Å²) in [6.45, 7) is 11.4. The van der Waals surface area contributed by atoms with Gasteiger partial charge in [0.05, 0.1) is 11.4 Å². The van der Waals surface area contributed by atoms with Crippen LogP contribution < -0.4 is 0 Å². The largest absolute Gasteiger partial charge is 0.354 e. The molecule has 5 rings (SSSR count). The van der Waals surface area contributed by atoms with E-state index in [1.807, 2.05) is 4.52 Å². The van der Waals surface area contributed by atoms with E-state index in [0.29, 0.717) is 18.4 Å². The normalized spacial score (nSPS) is 15.6. The maximum Gasteiger partial charge on any atom is 0.158 e. The van der Waals surface area contributed by atoms with Gasteiger partial charge in [-0.05, 0) is 66.5 Å². The van der Waals surface area contributed by atoms with Crippen molar-refractivity contribution in [3.8, 4) is 11.3 Å². The number of fused-ring (bicyclic) bond motifs is 2. The van der Waals surface area contributed by atoms with Crippen LogP contribution in [0.1, 0.15) is 42.0 Å². The van der Waals surface area contributed by atoms with Crippen LogP contribution in [0.15, 0.2) is 30.7 Å². The highest BCUT2D eigenvalue weighted by Crippen LogP contribution is 2.38. The second kappa shape index (κ2) is 8.50. The lowest BCUT2D eigenvalue weighted by molar-refractivity contribution is 0.109. The van der Waals surface area contributed by atoms with E-state index in [0.717, 1.165) is 47.5 Å². The molecule has 4 aromatic rings. The van der Waals surface area contributed by atoms with E-state index >= 15 is 0 Å². The lowest BCUT2D eigenvalue weighted by atomic mass is 9.90. The maximum atomic E-state index is 11.4. The van der Waals surface area contributed by atoms with E-state index in [9.17, 15) is 8.42 Å². The summed E-state index contributed by atoms with van der Waals surface area (Å²) in [6.07, 6.45) is 6.02. The standard InChI is InChI=1S/C26H33N5O2S/c1-16(2)24-21-11-19(10-20-12-30(13-20)8-9-34(5,32)33)6-7-23(21)29-25(24)22-14-31-26(27-15-28-31)18(4)17(22)3/h6-7,11,14-16,20,29H,8-10,12-13H2,1-5H3. The number of H-pyrrole nitrogens is 1. The number of hydrogen-bond acceptors (Lipinski definition) is 5. The van der Waals surface area contributed by atoms with Crippen molar-refractivity contribution >= 4 is 26.4 Å². The number of sulfone groups is 1. The molecular formula is C26H33N5O2S. The van der Waals surface area contributed by atoms with Crippen LogP contribution in [-0.4, -0.2) is 64.5 Å². The van der Waals surface area contributed by atoms with Crippen LogP contribution in [0.4, 0.5) is 0 Å². The van der Waals surface area contributed by atoms with Crippen LogP contribution in [0.2, 0.25) is 0 Å². The zero-order valence-electron chi connectivity index (χ0n) is 20.6. The monoisotopic (exact) mass is 479 g/mol. The number of aromatic nitrogens is 4. The number of rotatable bonds is 7. The SMILES string of the molecule is Cc1c(-c2[nH]c3ccc(CC4CN(CCS(C)(=O)=O)C4)cc3c2C(C)C)cn2ncnc2c1C. The van der Waals surface area contributed by atoms with Crippen molar-refractivity contribution < 1.29 is 8.42 Å². The molecule has 0 radical (unpaired) electrons. The van der Waals surface area contributed by atoms with Crippen LogP contribution in [0.25, 0.3) is 27.8 Å². The highest BCUT2D eigenvalue weighted by Gasteiger charge is 2.27. The smallest absolute Gasteiger partial charge is 0.158 e. The van der Waals surface area contributed by atoms with E-state index < -0.39 is 9.84 Å². The molecule has 34 heavy (non-hydrogen) atoms. The van der Waals surface area contributed by atoms with Gasteiger partial charge in [0.25, 0.3) is 0 Å². The predicted molar refractivity (Wildman–Crippen MR) is 137 cm³/mol. The topological polar surface area (TPSA) is 83.4 Å². The second-order valence-electron chi connectivity index (χ2n) is 10.2. The molecule has 1 aliphatic rings. The third-order valence-corrected chi connectivity index (χ3v) is 8.14. The van der Waals surface area contributed by atoms with Gasteiger partial charge < -0.3 is 9.88 Å². The second-order valence-corrected chi connectivity index (χ2v) is 12.5. The Morgan fingerprint density at radius 3 is 2.65 bits per heavy atom. The van der Waals surface area contributed by atoms with Crippen molar-refractivity contribution in [2.45, 2.75) is 40.0 Å². The summed E-state index contributed by atoms with van der Waals surface area (Å²) in [7, 11) is -2.90. The fourth-order valence-electron chi connectivity index (χ4n) is 5.27. The Hall–Kier alpha value is -2.71. The number of hydrogen-bond donors (Lipinski definition) is 1. The molecular weight excluding hydrogens is 446 g/mol. The van der Waals surface area contributed by atoms with Crippen molar-refractivity contribution in [3.05, 3.63) is 53.0 Å². The van der Waals surface area contributed by atoms with Gasteiger partial charge in [-0.15, -0.1) is 0 Å². The average molecular weight is 480 g/mol. The van der Waals surface area contributed by atoms with Crippen molar-refractivity contribution in [1.82, 2.24) is 24.5 Å². The van der Waals surface area contributed by atoms with E-state index in [2.05, 4.69) is 72.1 Å². The average Bonchev–Trinajstić information content (AvgIpc) is 3.35. The summed E-state index contributed by atoms with van der Waals surface area (Å²) in [5, 5.41) is 5.67. The first kappa shape index (κ1) is 23.1. The Labute approximate surface area is 201 Å². The third-order valence-electron chi connectivity index (χ3n) is 7.21. The van der Waals surface area contributed by atoms with E-state index in [1.165, 1.54) is 28.3 Å². The van der Waals surface area contributed by atoms with Crippen LogP contribution in [0, 0.1) is 19.8 Å². The van der Waals surface area contributed by atoms with Gasteiger partial charge >= 0.3 is 0 Å². The minimum Gasteiger partial charge on any atom is -0.354 e. The van der Waals surface area contributed by atoms with E-state index in [1.54, 1.807) is 6.33 Å². The van der Waals surface area contributed by atoms with Crippen LogP contribution in [0.3, 0.4) is 0 Å². The summed E-state index contributed by atoms with van der Waals surface area (Å²) < 4.78 is 24.7. The Morgan fingerprint density at radius 1 is 1.18 bits per heavy atom. The van der Waals surface area contributed by atoms with E-state index in [4.69, 9.17) is 0 Å². The molecule has 1 aliphatic heterocycles.